The minimum absolute atomic E-state index is 0.192. The van der Waals surface area contributed by atoms with Crippen LogP contribution in [0.2, 0.25) is 0 Å². The van der Waals surface area contributed by atoms with Crippen molar-refractivity contribution in [2.24, 2.45) is 0 Å². The van der Waals surface area contributed by atoms with Gasteiger partial charge in [-0.25, -0.2) is 0 Å². The van der Waals surface area contributed by atoms with E-state index in [4.69, 9.17) is 0 Å². The Kier molecular flexibility index (Phi) is 6.08. The van der Waals surface area contributed by atoms with E-state index < -0.39 is 0 Å². The van der Waals surface area contributed by atoms with Crippen molar-refractivity contribution in [1.29, 1.82) is 0 Å². The van der Waals surface area contributed by atoms with Gasteiger partial charge in [-0.2, -0.15) is 0 Å². The highest BCUT2D eigenvalue weighted by Crippen LogP contribution is 2.39. The third kappa shape index (κ3) is 3.96. The van der Waals surface area contributed by atoms with Gasteiger partial charge in [-0.15, -0.1) is 13.2 Å². The first-order valence-corrected chi connectivity index (χ1v) is 8.82. The van der Waals surface area contributed by atoms with Crippen LogP contribution in [0.3, 0.4) is 0 Å². The van der Waals surface area contributed by atoms with Gasteiger partial charge in [0.1, 0.15) is 11.5 Å². The average molecular weight is 336 g/mol. The minimum Gasteiger partial charge on any atom is -0.508 e. The molecule has 2 aromatic rings. The van der Waals surface area contributed by atoms with Crippen molar-refractivity contribution in [2.75, 3.05) is 0 Å². The van der Waals surface area contributed by atoms with E-state index in [1.165, 1.54) is 11.1 Å². The van der Waals surface area contributed by atoms with Gasteiger partial charge in [0.25, 0.3) is 0 Å². The highest BCUT2D eigenvalue weighted by atomic mass is 16.3. The van der Waals surface area contributed by atoms with E-state index in [2.05, 4.69) is 39.1 Å². The first-order chi connectivity index (χ1) is 12.0. The molecule has 0 saturated heterocycles. The minimum atomic E-state index is -0.192. The van der Waals surface area contributed by atoms with Crippen molar-refractivity contribution in [2.45, 2.75) is 44.9 Å². The quantitative estimate of drug-likeness (QED) is 0.611. The lowest BCUT2D eigenvalue weighted by atomic mass is 9.72. The number of phenolic OH excluding ortho intramolecular Hbond substituents is 2. The second kappa shape index (κ2) is 8.06. The van der Waals surface area contributed by atoms with Gasteiger partial charge in [0, 0.05) is 5.41 Å². The van der Waals surface area contributed by atoms with Crippen LogP contribution in [0.5, 0.6) is 11.5 Å². The molecule has 2 N–H and O–H groups in total. The van der Waals surface area contributed by atoms with Crippen LogP contribution in [-0.2, 0) is 18.3 Å². The van der Waals surface area contributed by atoms with E-state index in [-0.39, 0.29) is 5.41 Å². The molecule has 2 rings (SSSR count). The largest absolute Gasteiger partial charge is 0.508 e. The van der Waals surface area contributed by atoms with Crippen LogP contribution in [0.25, 0.3) is 0 Å². The summed E-state index contributed by atoms with van der Waals surface area (Å²) in [6.45, 7) is 12.0. The lowest BCUT2D eigenvalue weighted by Gasteiger charge is -2.32. The maximum atomic E-state index is 10.1. The number of rotatable bonds is 8. The van der Waals surface area contributed by atoms with Crippen LogP contribution in [0, 0.1) is 0 Å². The Bertz CT molecular complexity index is 699. The molecule has 0 amide bonds. The van der Waals surface area contributed by atoms with Crippen molar-refractivity contribution in [1.82, 2.24) is 0 Å². The van der Waals surface area contributed by atoms with Crippen molar-refractivity contribution in [3.05, 3.63) is 84.0 Å². The molecule has 0 fully saturated rings. The molecule has 2 heteroatoms. The summed E-state index contributed by atoms with van der Waals surface area (Å²) in [6, 6.07) is 11.7. The maximum Gasteiger partial charge on any atom is 0.119 e. The topological polar surface area (TPSA) is 40.5 Å². The monoisotopic (exact) mass is 336 g/mol. The number of benzene rings is 2. The van der Waals surface area contributed by atoms with Gasteiger partial charge < -0.3 is 10.2 Å². The molecular weight excluding hydrogens is 308 g/mol. The predicted molar refractivity (Wildman–Crippen MR) is 105 cm³/mol. The van der Waals surface area contributed by atoms with E-state index in [0.29, 0.717) is 24.3 Å². The van der Waals surface area contributed by atoms with Crippen LogP contribution < -0.4 is 0 Å². The van der Waals surface area contributed by atoms with E-state index in [1.807, 2.05) is 12.1 Å². The van der Waals surface area contributed by atoms with Gasteiger partial charge >= 0.3 is 0 Å². The van der Waals surface area contributed by atoms with Gasteiger partial charge in [-0.3, -0.25) is 0 Å². The molecule has 0 heterocycles. The van der Waals surface area contributed by atoms with Crippen LogP contribution >= 0.6 is 0 Å². The van der Waals surface area contributed by atoms with Gasteiger partial charge in [0.15, 0.2) is 0 Å². The molecule has 0 saturated carbocycles. The predicted octanol–water partition coefficient (Wildman–Crippen LogP) is 5.66. The maximum absolute atomic E-state index is 10.1. The summed E-state index contributed by atoms with van der Waals surface area (Å²) in [5.74, 6) is 0.612. The standard InChI is InChI=1S/C23H28O2/c1-5-8-17-15-19(10-12-21(17)24)23(4,14-7-3)20-11-13-22(25)18(16-20)9-6-2/h5-6,10-13,15-16,24-25H,1-2,7-9,14H2,3-4H3. The average Bonchev–Trinajstić information content (AvgIpc) is 2.59. The van der Waals surface area contributed by atoms with E-state index in [0.717, 1.165) is 24.0 Å². The number of aromatic hydroxyl groups is 2. The molecule has 0 spiro atoms. The smallest absolute Gasteiger partial charge is 0.119 e. The Labute approximate surface area is 151 Å². The lowest BCUT2D eigenvalue weighted by molar-refractivity contribution is 0.463. The molecule has 2 nitrogen and oxygen atoms in total. The van der Waals surface area contributed by atoms with Crippen LogP contribution in [-0.4, -0.2) is 10.2 Å². The molecule has 0 aliphatic carbocycles. The lowest BCUT2D eigenvalue weighted by Crippen LogP contribution is -2.24. The summed E-state index contributed by atoms with van der Waals surface area (Å²) in [4.78, 5) is 0. The van der Waals surface area contributed by atoms with E-state index >= 15 is 0 Å². The van der Waals surface area contributed by atoms with Crippen molar-refractivity contribution in [3.8, 4) is 11.5 Å². The summed E-state index contributed by atoms with van der Waals surface area (Å²) >= 11 is 0. The molecule has 0 aliphatic heterocycles. The number of phenols is 2. The van der Waals surface area contributed by atoms with E-state index in [1.54, 1.807) is 24.3 Å². The third-order valence-corrected chi connectivity index (χ3v) is 4.91. The second-order valence-electron chi connectivity index (χ2n) is 6.75. The molecule has 0 atom stereocenters. The molecule has 132 valence electrons. The van der Waals surface area contributed by atoms with Crippen molar-refractivity contribution >= 4 is 0 Å². The zero-order valence-corrected chi connectivity index (χ0v) is 15.3. The molecule has 25 heavy (non-hydrogen) atoms. The van der Waals surface area contributed by atoms with Gasteiger partial charge in [0.2, 0.25) is 0 Å². The van der Waals surface area contributed by atoms with Crippen LogP contribution in [0.15, 0.2) is 61.7 Å². The van der Waals surface area contributed by atoms with Gasteiger partial charge in [-0.1, -0.05) is 56.7 Å². The Hall–Kier alpha value is -2.48. The van der Waals surface area contributed by atoms with Gasteiger partial charge in [-0.05, 0) is 53.6 Å². The van der Waals surface area contributed by atoms with Crippen molar-refractivity contribution < 1.29 is 10.2 Å². The zero-order chi connectivity index (χ0) is 18.4. The van der Waals surface area contributed by atoms with Gasteiger partial charge in [0.05, 0.1) is 0 Å². The second-order valence-corrected chi connectivity index (χ2v) is 6.75. The Balaban J connectivity index is 2.58. The summed E-state index contributed by atoms with van der Waals surface area (Å²) < 4.78 is 0. The zero-order valence-electron chi connectivity index (χ0n) is 15.3. The molecule has 0 unspecified atom stereocenters. The first kappa shape index (κ1) is 18.9. The summed E-state index contributed by atoms with van der Waals surface area (Å²) in [5, 5.41) is 20.2. The third-order valence-electron chi connectivity index (χ3n) is 4.91. The highest BCUT2D eigenvalue weighted by Gasteiger charge is 2.29. The summed E-state index contributed by atoms with van der Waals surface area (Å²) in [7, 11) is 0. The normalized spacial score (nSPS) is 11.3. The van der Waals surface area contributed by atoms with Crippen LogP contribution in [0.4, 0.5) is 0 Å². The molecular formula is C23H28O2. The van der Waals surface area contributed by atoms with E-state index in [9.17, 15) is 10.2 Å². The molecule has 0 aliphatic rings. The molecule has 0 aromatic heterocycles. The fraction of sp³-hybridized carbons (Fsp3) is 0.304. The summed E-state index contributed by atoms with van der Waals surface area (Å²) in [5.41, 5.74) is 3.92. The highest BCUT2D eigenvalue weighted by molar-refractivity contribution is 5.48. The first-order valence-electron chi connectivity index (χ1n) is 8.82. The molecule has 0 bridgehead atoms. The van der Waals surface area contributed by atoms with Crippen LogP contribution in [0.1, 0.15) is 48.9 Å². The Morgan fingerprint density at radius 2 is 1.32 bits per heavy atom. The number of hydrogen-bond acceptors (Lipinski definition) is 2. The number of hydrogen-bond donors (Lipinski definition) is 2. The fourth-order valence-electron chi connectivity index (χ4n) is 3.45. The fourth-order valence-corrected chi connectivity index (χ4v) is 3.45. The number of allylic oxidation sites excluding steroid dienone is 2. The Morgan fingerprint density at radius 3 is 1.68 bits per heavy atom. The summed E-state index contributed by atoms with van der Waals surface area (Å²) in [6.07, 6.45) is 6.89. The molecule has 2 aromatic carbocycles. The molecule has 0 radical (unpaired) electrons. The van der Waals surface area contributed by atoms with Crippen molar-refractivity contribution in [3.63, 3.8) is 0 Å². The SMILES string of the molecule is C=CCc1cc(C(C)(CCC)c2ccc(O)c(CC=C)c2)ccc1O. The Morgan fingerprint density at radius 1 is 0.880 bits per heavy atom.